The van der Waals surface area contributed by atoms with Crippen LogP contribution in [0.25, 0.3) is 0 Å². The van der Waals surface area contributed by atoms with E-state index < -0.39 is 17.9 Å². The third-order valence-electron chi connectivity index (χ3n) is 2.70. The molecule has 17 heavy (non-hydrogen) atoms. The highest BCUT2D eigenvalue weighted by Crippen LogP contribution is 2.38. The van der Waals surface area contributed by atoms with Crippen LogP contribution in [0, 0.1) is 0 Å². The van der Waals surface area contributed by atoms with Crippen molar-refractivity contribution in [2.75, 3.05) is 6.61 Å². The van der Waals surface area contributed by atoms with E-state index in [1.165, 1.54) is 0 Å². The molecule has 0 aromatic heterocycles. The van der Waals surface area contributed by atoms with E-state index in [4.69, 9.17) is 26.2 Å². The summed E-state index contributed by atoms with van der Waals surface area (Å²) < 4.78 is 11.2. The molecule has 92 valence electrons. The summed E-state index contributed by atoms with van der Waals surface area (Å²) in [5.74, 6) is -1.86. The molecule has 1 aliphatic heterocycles. The number of ether oxygens (including phenoxy) is 2. The largest absolute Gasteiger partial charge is 0.481 e. The molecule has 1 heterocycles. The number of halogens is 1. The Kier molecular flexibility index (Phi) is 3.38. The Hall–Kier alpha value is -1.10. The number of carboxylic acids is 1. The summed E-state index contributed by atoms with van der Waals surface area (Å²) in [5.41, 5.74) is 0.717. The summed E-state index contributed by atoms with van der Waals surface area (Å²) in [6.45, 7) is 2.00. The van der Waals surface area contributed by atoms with E-state index in [1.54, 1.807) is 13.0 Å². The van der Waals surface area contributed by atoms with Crippen LogP contribution in [0.15, 0.2) is 24.3 Å². The van der Waals surface area contributed by atoms with Crippen LogP contribution < -0.4 is 0 Å². The van der Waals surface area contributed by atoms with E-state index in [-0.39, 0.29) is 13.0 Å². The molecule has 1 aromatic rings. The van der Waals surface area contributed by atoms with Crippen molar-refractivity contribution in [1.82, 2.24) is 0 Å². The van der Waals surface area contributed by atoms with Gasteiger partial charge in [0.05, 0.1) is 19.1 Å². The number of carbonyl (C=O) groups is 1. The minimum Gasteiger partial charge on any atom is -0.481 e. The third-order valence-corrected chi connectivity index (χ3v) is 3.03. The molecule has 1 saturated heterocycles. The lowest BCUT2D eigenvalue weighted by molar-refractivity contribution is -0.165. The van der Waals surface area contributed by atoms with Gasteiger partial charge in [-0.2, -0.15) is 0 Å². The predicted molar refractivity (Wildman–Crippen MR) is 61.9 cm³/mol. The smallest absolute Gasteiger partial charge is 0.306 e. The van der Waals surface area contributed by atoms with Crippen LogP contribution >= 0.6 is 11.6 Å². The van der Waals surface area contributed by atoms with Gasteiger partial charge in [-0.1, -0.05) is 29.8 Å². The molecule has 0 amide bonds. The van der Waals surface area contributed by atoms with Crippen LogP contribution in [0.5, 0.6) is 0 Å². The van der Waals surface area contributed by atoms with Gasteiger partial charge in [-0.3, -0.25) is 4.79 Å². The molecular weight excluding hydrogens is 244 g/mol. The molecular formula is C12H13ClO4. The molecule has 5 heteroatoms. The highest BCUT2D eigenvalue weighted by molar-refractivity contribution is 6.31. The van der Waals surface area contributed by atoms with Gasteiger partial charge in [0.2, 0.25) is 0 Å². The van der Waals surface area contributed by atoms with E-state index in [2.05, 4.69) is 0 Å². The Labute approximate surface area is 104 Å². The van der Waals surface area contributed by atoms with E-state index in [9.17, 15) is 4.79 Å². The van der Waals surface area contributed by atoms with Gasteiger partial charge >= 0.3 is 5.97 Å². The van der Waals surface area contributed by atoms with Gasteiger partial charge in [0.25, 0.3) is 0 Å². The molecule has 1 N–H and O–H groups in total. The lowest BCUT2D eigenvalue weighted by atomic mass is 10.1. The lowest BCUT2D eigenvalue weighted by Crippen LogP contribution is -2.25. The SMILES string of the molecule is CC1(c2ccccc2Cl)OCC(CC(=O)O)O1. The number of hydrogen-bond donors (Lipinski definition) is 1. The first kappa shape index (κ1) is 12.4. The summed E-state index contributed by atoms with van der Waals surface area (Å²) in [5, 5.41) is 9.25. The van der Waals surface area contributed by atoms with Crippen LogP contribution in [0.2, 0.25) is 5.02 Å². The van der Waals surface area contributed by atoms with Crippen LogP contribution in [0.1, 0.15) is 18.9 Å². The average Bonchev–Trinajstić information content (AvgIpc) is 2.60. The van der Waals surface area contributed by atoms with Crippen LogP contribution in [-0.4, -0.2) is 23.8 Å². The third kappa shape index (κ3) is 2.60. The maximum absolute atomic E-state index is 10.6. The Morgan fingerprint density at radius 1 is 1.59 bits per heavy atom. The molecule has 1 fully saturated rings. The van der Waals surface area contributed by atoms with E-state index >= 15 is 0 Å². The number of carboxylic acid groups (broad SMARTS) is 1. The van der Waals surface area contributed by atoms with Gasteiger partial charge in [0.1, 0.15) is 0 Å². The summed E-state index contributed by atoms with van der Waals surface area (Å²) in [4.78, 5) is 10.6. The van der Waals surface area contributed by atoms with Gasteiger partial charge in [0.15, 0.2) is 5.79 Å². The monoisotopic (exact) mass is 256 g/mol. The second-order valence-electron chi connectivity index (χ2n) is 4.07. The number of hydrogen-bond acceptors (Lipinski definition) is 3. The number of rotatable bonds is 3. The van der Waals surface area contributed by atoms with Crippen molar-refractivity contribution in [3.63, 3.8) is 0 Å². The molecule has 1 aromatic carbocycles. The Balaban J connectivity index is 2.17. The van der Waals surface area contributed by atoms with Crippen LogP contribution in [0.4, 0.5) is 0 Å². The maximum Gasteiger partial charge on any atom is 0.306 e. The molecule has 0 radical (unpaired) electrons. The lowest BCUT2D eigenvalue weighted by Gasteiger charge is -2.24. The molecule has 2 atom stereocenters. The van der Waals surface area contributed by atoms with Gasteiger partial charge in [-0.15, -0.1) is 0 Å². The van der Waals surface area contributed by atoms with Crippen molar-refractivity contribution in [3.05, 3.63) is 34.9 Å². The second-order valence-corrected chi connectivity index (χ2v) is 4.48. The highest BCUT2D eigenvalue weighted by atomic mass is 35.5. The predicted octanol–water partition coefficient (Wildman–Crippen LogP) is 2.40. The zero-order valence-electron chi connectivity index (χ0n) is 9.35. The van der Waals surface area contributed by atoms with Gasteiger partial charge < -0.3 is 14.6 Å². The Morgan fingerprint density at radius 2 is 2.29 bits per heavy atom. The summed E-state index contributed by atoms with van der Waals surface area (Å²) >= 11 is 6.07. The maximum atomic E-state index is 10.6. The first-order valence-electron chi connectivity index (χ1n) is 5.30. The minimum absolute atomic E-state index is 0.0694. The first-order chi connectivity index (χ1) is 8.01. The normalized spacial score (nSPS) is 28.2. The fraction of sp³-hybridized carbons (Fsp3) is 0.417. The molecule has 4 nitrogen and oxygen atoms in total. The van der Waals surface area contributed by atoms with E-state index in [0.29, 0.717) is 5.02 Å². The quantitative estimate of drug-likeness (QED) is 0.902. The van der Waals surface area contributed by atoms with Crippen molar-refractivity contribution >= 4 is 17.6 Å². The minimum atomic E-state index is -0.960. The van der Waals surface area contributed by atoms with Gasteiger partial charge in [-0.25, -0.2) is 0 Å². The van der Waals surface area contributed by atoms with E-state index in [0.717, 1.165) is 5.56 Å². The fourth-order valence-electron chi connectivity index (χ4n) is 1.90. The molecule has 0 spiro atoms. The standard InChI is InChI=1S/C12H13ClO4/c1-12(9-4-2-3-5-10(9)13)16-7-8(17-12)6-11(14)15/h2-5,8H,6-7H2,1H3,(H,14,15). The molecule has 0 aliphatic carbocycles. The van der Waals surface area contributed by atoms with Gasteiger partial charge in [0, 0.05) is 10.6 Å². The van der Waals surface area contributed by atoms with E-state index in [1.807, 2.05) is 18.2 Å². The number of aliphatic carboxylic acids is 1. The molecule has 2 unspecified atom stereocenters. The van der Waals surface area contributed by atoms with Crippen LogP contribution in [0.3, 0.4) is 0 Å². The van der Waals surface area contributed by atoms with Crippen molar-refractivity contribution < 1.29 is 19.4 Å². The Morgan fingerprint density at radius 3 is 2.94 bits per heavy atom. The second kappa shape index (κ2) is 4.64. The molecule has 0 saturated carbocycles. The van der Waals surface area contributed by atoms with Crippen molar-refractivity contribution in [3.8, 4) is 0 Å². The highest BCUT2D eigenvalue weighted by Gasteiger charge is 2.40. The number of benzene rings is 1. The first-order valence-corrected chi connectivity index (χ1v) is 5.67. The topological polar surface area (TPSA) is 55.8 Å². The zero-order chi connectivity index (χ0) is 12.5. The van der Waals surface area contributed by atoms with Gasteiger partial charge in [-0.05, 0) is 13.0 Å². The summed E-state index contributed by atoms with van der Waals surface area (Å²) in [6.07, 6.45) is -0.506. The fourth-order valence-corrected chi connectivity index (χ4v) is 2.21. The molecule has 0 bridgehead atoms. The van der Waals surface area contributed by atoms with Crippen molar-refractivity contribution in [2.24, 2.45) is 0 Å². The van der Waals surface area contributed by atoms with Crippen LogP contribution in [-0.2, 0) is 20.1 Å². The average molecular weight is 257 g/mol. The summed E-state index contributed by atoms with van der Waals surface area (Å²) in [7, 11) is 0. The molecule has 1 aliphatic rings. The van der Waals surface area contributed by atoms with Crippen molar-refractivity contribution in [2.45, 2.75) is 25.2 Å². The molecule has 2 rings (SSSR count). The van der Waals surface area contributed by atoms with Crippen molar-refractivity contribution in [1.29, 1.82) is 0 Å². The zero-order valence-corrected chi connectivity index (χ0v) is 10.1. The summed E-state index contributed by atoms with van der Waals surface area (Å²) in [6, 6.07) is 7.22. The Bertz CT molecular complexity index is 434.